The lowest BCUT2D eigenvalue weighted by atomic mass is 9.86. The van der Waals surface area contributed by atoms with Gasteiger partial charge in [0.2, 0.25) is 0 Å². The Bertz CT molecular complexity index is 1130. The molecule has 1 aliphatic rings. The van der Waals surface area contributed by atoms with Crippen LogP contribution in [0.2, 0.25) is 0 Å². The summed E-state index contributed by atoms with van der Waals surface area (Å²) in [5, 5.41) is 14.2. The maximum absolute atomic E-state index is 13.7. The summed E-state index contributed by atoms with van der Waals surface area (Å²) < 4.78 is 59.1. The fourth-order valence-electron chi connectivity index (χ4n) is 4.91. The number of nitrogens with zero attached hydrogens (tertiary/aromatic N) is 1. The lowest BCUT2D eigenvalue weighted by Crippen LogP contribution is -2.47. The third-order valence-electron chi connectivity index (χ3n) is 6.50. The molecule has 0 radical (unpaired) electrons. The van der Waals surface area contributed by atoms with Crippen molar-refractivity contribution in [1.82, 2.24) is 15.2 Å². The number of fused-ring (bicyclic) bond motifs is 3. The van der Waals surface area contributed by atoms with Crippen molar-refractivity contribution in [2.75, 3.05) is 32.9 Å². The molecule has 0 saturated carbocycles. The number of para-hydroxylation sites is 1. The number of ether oxygens (including phenoxy) is 1. The van der Waals surface area contributed by atoms with E-state index in [9.17, 15) is 22.7 Å². The molecule has 0 amide bonds. The number of benzene rings is 2. The first-order chi connectivity index (χ1) is 16.8. The number of nitrogens with one attached hydrogen (secondary N) is 2. The largest absolute Gasteiger partial charge is 0.492 e. The van der Waals surface area contributed by atoms with Gasteiger partial charge in [-0.2, -0.15) is 13.2 Å². The summed E-state index contributed by atoms with van der Waals surface area (Å²) in [5.41, 5.74) is 3.73. The van der Waals surface area contributed by atoms with Gasteiger partial charge in [-0.25, -0.2) is 0 Å². The van der Waals surface area contributed by atoms with E-state index in [1.54, 1.807) is 18.2 Å². The number of aromatic nitrogens is 1. The highest BCUT2D eigenvalue weighted by Gasteiger charge is 2.42. The topological polar surface area (TPSA) is 60.5 Å². The van der Waals surface area contributed by atoms with E-state index in [1.807, 2.05) is 31.2 Å². The van der Waals surface area contributed by atoms with Gasteiger partial charge in [-0.15, -0.1) is 0 Å². The van der Waals surface area contributed by atoms with Crippen LogP contribution in [0.15, 0.2) is 42.5 Å². The Balaban J connectivity index is 1.72. The molecule has 1 aromatic heterocycles. The summed E-state index contributed by atoms with van der Waals surface area (Å²) in [7, 11) is 0. The number of hydrogen-bond donors (Lipinski definition) is 3. The van der Waals surface area contributed by atoms with Gasteiger partial charge in [-0.05, 0) is 61.2 Å². The number of halogens is 4. The zero-order valence-electron chi connectivity index (χ0n) is 19.7. The molecule has 0 bridgehead atoms. The van der Waals surface area contributed by atoms with E-state index in [4.69, 9.17) is 4.74 Å². The quantitative estimate of drug-likeness (QED) is 0.278. The van der Waals surface area contributed by atoms with E-state index >= 15 is 0 Å². The second-order valence-corrected chi connectivity index (χ2v) is 8.97. The highest BCUT2D eigenvalue weighted by atomic mass is 19.4. The smallest absolute Gasteiger partial charge is 0.401 e. The Morgan fingerprint density at radius 3 is 2.71 bits per heavy atom. The third-order valence-corrected chi connectivity index (χ3v) is 6.50. The fourth-order valence-corrected chi connectivity index (χ4v) is 4.91. The van der Waals surface area contributed by atoms with E-state index in [2.05, 4.69) is 10.3 Å². The Kier molecular flexibility index (Phi) is 7.98. The Labute approximate surface area is 202 Å². The van der Waals surface area contributed by atoms with Gasteiger partial charge in [-0.1, -0.05) is 24.3 Å². The number of alkyl halides is 4. The molecule has 2 heterocycles. The predicted octanol–water partition coefficient (Wildman–Crippen LogP) is 4.89. The summed E-state index contributed by atoms with van der Waals surface area (Å²) in [6.07, 6.45) is -3.47. The molecular weight excluding hydrogens is 462 g/mol. The second kappa shape index (κ2) is 11.0. The van der Waals surface area contributed by atoms with Gasteiger partial charge >= 0.3 is 6.18 Å². The molecule has 5 nitrogen and oxygen atoms in total. The van der Waals surface area contributed by atoms with Crippen LogP contribution in [0.25, 0.3) is 10.9 Å². The number of aromatic amines is 1. The average Bonchev–Trinajstić information content (AvgIpc) is 3.19. The SMILES string of the molecule is C[C@@H]1Cc2c([nH]c3ccccc23)[C@@H](c2cc(OCCNCCCF)ccc2CO)N1CC(F)(F)F. The minimum absolute atomic E-state index is 0.305. The van der Waals surface area contributed by atoms with Crippen molar-refractivity contribution in [2.24, 2.45) is 0 Å². The van der Waals surface area contributed by atoms with E-state index in [0.29, 0.717) is 55.1 Å². The third kappa shape index (κ3) is 5.79. The fraction of sp³-hybridized carbons (Fsp3) is 0.462. The first-order valence-electron chi connectivity index (χ1n) is 11.9. The monoisotopic (exact) mass is 493 g/mol. The number of H-pyrrole nitrogens is 1. The highest BCUT2D eigenvalue weighted by molar-refractivity contribution is 5.85. The Morgan fingerprint density at radius 2 is 1.97 bits per heavy atom. The number of rotatable bonds is 10. The minimum atomic E-state index is -4.38. The molecule has 9 heteroatoms. The molecule has 2 atom stereocenters. The van der Waals surface area contributed by atoms with Gasteiger partial charge in [0, 0.05) is 29.2 Å². The van der Waals surface area contributed by atoms with Crippen molar-refractivity contribution in [3.8, 4) is 5.75 Å². The van der Waals surface area contributed by atoms with Crippen LogP contribution in [0.5, 0.6) is 5.75 Å². The van der Waals surface area contributed by atoms with E-state index in [0.717, 1.165) is 16.5 Å². The van der Waals surface area contributed by atoms with Crippen LogP contribution in [0, 0.1) is 0 Å². The molecule has 0 saturated heterocycles. The van der Waals surface area contributed by atoms with E-state index < -0.39 is 18.8 Å². The standard InChI is InChI=1S/C26H31F4N3O2/c1-17-13-22-20-5-2-3-6-23(20)32-24(22)25(33(17)16-26(28,29)30)21-14-19(8-7-18(21)15-34)35-12-11-31-10-4-9-27/h2-3,5-8,14,17,25,31-32,34H,4,9-13,15-16H2,1H3/t17-,25-/m1/s1. The molecule has 3 N–H and O–H groups in total. The zero-order valence-corrected chi connectivity index (χ0v) is 19.7. The summed E-state index contributed by atoms with van der Waals surface area (Å²) in [5.74, 6) is 0.507. The van der Waals surface area contributed by atoms with Crippen molar-refractivity contribution in [3.05, 3.63) is 64.8 Å². The molecule has 3 aromatic rings. The molecule has 0 aliphatic carbocycles. The molecule has 0 fully saturated rings. The summed E-state index contributed by atoms with van der Waals surface area (Å²) in [6, 6.07) is 11.8. The van der Waals surface area contributed by atoms with Crippen molar-refractivity contribution in [1.29, 1.82) is 0 Å². The van der Waals surface area contributed by atoms with Crippen LogP contribution in [0.1, 0.15) is 41.8 Å². The minimum Gasteiger partial charge on any atom is -0.492 e. The average molecular weight is 494 g/mol. The first kappa shape index (κ1) is 25.5. The lowest BCUT2D eigenvalue weighted by Gasteiger charge is -2.41. The normalized spacial score (nSPS) is 18.7. The molecule has 4 rings (SSSR count). The summed E-state index contributed by atoms with van der Waals surface area (Å²) >= 11 is 0. The number of hydrogen-bond acceptors (Lipinski definition) is 4. The van der Waals surface area contributed by atoms with Gasteiger partial charge < -0.3 is 20.1 Å². The first-order valence-corrected chi connectivity index (χ1v) is 11.9. The Morgan fingerprint density at radius 1 is 1.17 bits per heavy atom. The van der Waals surface area contributed by atoms with Crippen LogP contribution < -0.4 is 10.1 Å². The predicted molar refractivity (Wildman–Crippen MR) is 127 cm³/mol. The molecule has 2 aromatic carbocycles. The van der Waals surface area contributed by atoms with Gasteiger partial charge in [0.05, 0.1) is 25.9 Å². The molecular formula is C26H31F4N3O2. The lowest BCUT2D eigenvalue weighted by molar-refractivity contribution is -0.155. The maximum Gasteiger partial charge on any atom is 0.401 e. The maximum atomic E-state index is 13.7. The number of aliphatic hydroxyl groups is 1. The summed E-state index contributed by atoms with van der Waals surface area (Å²) in [6.45, 7) is 1.45. The van der Waals surface area contributed by atoms with Crippen LogP contribution in [-0.2, 0) is 13.0 Å². The van der Waals surface area contributed by atoms with Crippen LogP contribution >= 0.6 is 0 Å². The van der Waals surface area contributed by atoms with Crippen molar-refractivity contribution in [3.63, 3.8) is 0 Å². The molecule has 35 heavy (non-hydrogen) atoms. The van der Waals surface area contributed by atoms with E-state index in [1.165, 1.54) is 4.90 Å². The Hall–Kier alpha value is -2.62. The highest BCUT2D eigenvalue weighted by Crippen LogP contribution is 2.43. The summed E-state index contributed by atoms with van der Waals surface area (Å²) in [4.78, 5) is 4.82. The van der Waals surface area contributed by atoms with Crippen LogP contribution in [0.4, 0.5) is 17.6 Å². The van der Waals surface area contributed by atoms with Crippen molar-refractivity contribution in [2.45, 2.75) is 44.6 Å². The van der Waals surface area contributed by atoms with Crippen molar-refractivity contribution < 1.29 is 27.4 Å². The van der Waals surface area contributed by atoms with Gasteiger partial charge in [0.25, 0.3) is 0 Å². The van der Waals surface area contributed by atoms with E-state index in [-0.39, 0.29) is 19.3 Å². The van der Waals surface area contributed by atoms with Crippen LogP contribution in [-0.4, -0.2) is 60.1 Å². The zero-order chi connectivity index (χ0) is 25.0. The van der Waals surface area contributed by atoms with Crippen LogP contribution in [0.3, 0.4) is 0 Å². The molecule has 190 valence electrons. The van der Waals surface area contributed by atoms with Gasteiger partial charge in [0.15, 0.2) is 0 Å². The molecule has 0 spiro atoms. The molecule has 0 unspecified atom stereocenters. The number of aliphatic hydroxyl groups excluding tert-OH is 1. The van der Waals surface area contributed by atoms with Crippen molar-refractivity contribution >= 4 is 10.9 Å². The molecule has 1 aliphatic heterocycles. The van der Waals surface area contributed by atoms with Gasteiger partial charge in [-0.3, -0.25) is 9.29 Å². The second-order valence-electron chi connectivity index (χ2n) is 8.97. The van der Waals surface area contributed by atoms with Gasteiger partial charge in [0.1, 0.15) is 12.4 Å².